The van der Waals surface area contributed by atoms with Crippen LogP contribution in [0.1, 0.15) is 25.3 Å². The van der Waals surface area contributed by atoms with Crippen molar-refractivity contribution in [2.24, 2.45) is 0 Å². The number of benzene rings is 1. The molecule has 1 amide bonds. The average Bonchev–Trinajstić information content (AvgIpc) is 3.04. The Morgan fingerprint density at radius 2 is 1.75 bits per heavy atom. The summed E-state index contributed by atoms with van der Waals surface area (Å²) in [5.74, 6) is -1.46. The largest absolute Gasteiger partial charge is 0.434 e. The van der Waals surface area contributed by atoms with Gasteiger partial charge in [-0.3, -0.25) is 9.69 Å². The summed E-state index contributed by atoms with van der Waals surface area (Å²) in [6.07, 6.45) is -11.6. The topological polar surface area (TPSA) is 41.6 Å². The summed E-state index contributed by atoms with van der Waals surface area (Å²) in [7, 11) is 0. The van der Waals surface area contributed by atoms with E-state index in [4.69, 9.17) is 16.3 Å². The molecule has 28 heavy (non-hydrogen) atoms. The fourth-order valence-electron chi connectivity index (χ4n) is 3.16. The zero-order valence-corrected chi connectivity index (χ0v) is 15.6. The Hall–Kier alpha value is -1.52. The minimum absolute atomic E-state index is 0.172. The van der Waals surface area contributed by atoms with Crippen LogP contribution in [-0.4, -0.2) is 48.1 Å². The van der Waals surface area contributed by atoms with Crippen molar-refractivity contribution in [3.8, 4) is 0 Å². The van der Waals surface area contributed by atoms with E-state index in [0.29, 0.717) is 19.8 Å². The number of nitrogens with zero attached hydrogens (tertiary/aromatic N) is 1. The normalized spacial score (nSPS) is 18.5. The van der Waals surface area contributed by atoms with Crippen LogP contribution in [0.3, 0.4) is 0 Å². The maximum atomic E-state index is 13.9. The van der Waals surface area contributed by atoms with Gasteiger partial charge in [-0.25, -0.2) is 0 Å². The van der Waals surface area contributed by atoms with Crippen LogP contribution in [0.4, 0.5) is 26.3 Å². The zero-order chi connectivity index (χ0) is 21.2. The third-order valence-electron chi connectivity index (χ3n) is 4.39. The van der Waals surface area contributed by atoms with Gasteiger partial charge < -0.3 is 10.1 Å². The molecule has 2 rings (SSSR count). The second kappa shape index (κ2) is 8.46. The lowest BCUT2D eigenvalue weighted by molar-refractivity contribution is -0.353. The molecule has 1 aliphatic rings. The van der Waals surface area contributed by atoms with Gasteiger partial charge in [-0.1, -0.05) is 23.7 Å². The van der Waals surface area contributed by atoms with Crippen molar-refractivity contribution in [1.29, 1.82) is 0 Å². The molecular weight excluding hydrogens is 414 g/mol. The lowest BCUT2D eigenvalue weighted by Crippen LogP contribution is -2.76. The standard InChI is InChI=1S/C17H19ClF6N2O2/c1-11(27)25-15(16(19,20)21,17(22,23)24)26(10-14-3-2-8-28-14)9-12-4-6-13(18)7-5-12/h4-7,14H,2-3,8-10H2,1H3,(H,25,27). The Morgan fingerprint density at radius 1 is 1.18 bits per heavy atom. The van der Waals surface area contributed by atoms with Crippen LogP contribution in [-0.2, 0) is 16.1 Å². The maximum absolute atomic E-state index is 13.9. The lowest BCUT2D eigenvalue weighted by atomic mass is 10.0. The maximum Gasteiger partial charge on any atom is 0.434 e. The van der Waals surface area contributed by atoms with Gasteiger partial charge >= 0.3 is 12.4 Å². The highest BCUT2D eigenvalue weighted by atomic mass is 35.5. The van der Waals surface area contributed by atoms with E-state index < -0.39 is 43.1 Å². The van der Waals surface area contributed by atoms with Crippen molar-refractivity contribution in [3.63, 3.8) is 0 Å². The predicted octanol–water partition coefficient (Wildman–Crippen LogP) is 4.28. The number of nitrogens with one attached hydrogen (secondary N) is 1. The van der Waals surface area contributed by atoms with Crippen LogP contribution in [0, 0.1) is 0 Å². The second-order valence-corrected chi connectivity index (χ2v) is 6.97. The highest BCUT2D eigenvalue weighted by molar-refractivity contribution is 6.30. The number of hydrogen-bond acceptors (Lipinski definition) is 3. The molecule has 0 bridgehead atoms. The summed E-state index contributed by atoms with van der Waals surface area (Å²) < 4.78 is 88.6. The summed E-state index contributed by atoms with van der Waals surface area (Å²) in [4.78, 5) is 11.6. The van der Waals surface area contributed by atoms with Gasteiger partial charge in [0.2, 0.25) is 5.91 Å². The monoisotopic (exact) mass is 432 g/mol. The molecule has 1 atom stereocenters. The van der Waals surface area contributed by atoms with Crippen LogP contribution < -0.4 is 5.32 Å². The Morgan fingerprint density at radius 3 is 2.18 bits per heavy atom. The average molecular weight is 433 g/mol. The lowest BCUT2D eigenvalue weighted by Gasteiger charge is -2.46. The van der Waals surface area contributed by atoms with Crippen molar-refractivity contribution >= 4 is 17.5 Å². The number of rotatable bonds is 6. The minimum atomic E-state index is -5.83. The van der Waals surface area contributed by atoms with Gasteiger partial charge in [0.15, 0.2) is 0 Å². The van der Waals surface area contributed by atoms with Crippen LogP contribution in [0.2, 0.25) is 5.02 Å². The molecule has 1 aromatic carbocycles. The molecule has 0 aliphatic carbocycles. The molecule has 1 aromatic rings. The summed E-state index contributed by atoms with van der Waals surface area (Å²) in [6.45, 7) is -0.526. The van der Waals surface area contributed by atoms with Crippen LogP contribution >= 0.6 is 11.6 Å². The van der Waals surface area contributed by atoms with Gasteiger partial charge in [0.1, 0.15) is 0 Å². The van der Waals surface area contributed by atoms with Gasteiger partial charge in [0, 0.05) is 31.6 Å². The number of ether oxygens (including phenoxy) is 1. The summed E-state index contributed by atoms with van der Waals surface area (Å²) in [6, 6.07) is 5.39. The Labute approximate surface area is 162 Å². The molecule has 1 aliphatic heterocycles. The molecule has 1 unspecified atom stereocenters. The Balaban J connectivity index is 2.54. The number of amides is 1. The number of hydrogen-bond donors (Lipinski definition) is 1. The van der Waals surface area contributed by atoms with E-state index in [-0.39, 0.29) is 22.1 Å². The highest BCUT2D eigenvalue weighted by Gasteiger charge is 2.74. The van der Waals surface area contributed by atoms with Gasteiger partial charge in [0.25, 0.3) is 5.66 Å². The van der Waals surface area contributed by atoms with Gasteiger partial charge in [-0.15, -0.1) is 0 Å². The number of carbonyl (C=O) groups excluding carboxylic acids is 1. The SMILES string of the molecule is CC(=O)NC(N(Cc1ccc(Cl)cc1)CC1CCCO1)(C(F)(F)F)C(F)(F)F. The van der Waals surface area contributed by atoms with Crippen molar-refractivity contribution in [2.75, 3.05) is 13.2 Å². The summed E-state index contributed by atoms with van der Waals surface area (Å²) in [5.41, 5.74) is -4.39. The van der Waals surface area contributed by atoms with Gasteiger partial charge in [-0.2, -0.15) is 26.3 Å². The zero-order valence-electron chi connectivity index (χ0n) is 14.8. The molecule has 0 radical (unpaired) electrons. The first-order valence-corrected chi connectivity index (χ1v) is 8.78. The smallest absolute Gasteiger partial charge is 0.377 e. The van der Waals surface area contributed by atoms with Crippen LogP contribution in [0.25, 0.3) is 0 Å². The van der Waals surface area contributed by atoms with E-state index in [1.807, 2.05) is 0 Å². The van der Waals surface area contributed by atoms with Crippen LogP contribution in [0.5, 0.6) is 0 Å². The van der Waals surface area contributed by atoms with Crippen molar-refractivity contribution in [3.05, 3.63) is 34.9 Å². The summed E-state index contributed by atoms with van der Waals surface area (Å²) >= 11 is 5.74. The van der Waals surface area contributed by atoms with E-state index in [2.05, 4.69) is 0 Å². The van der Waals surface area contributed by atoms with Gasteiger partial charge in [0.05, 0.1) is 6.10 Å². The van der Waals surface area contributed by atoms with Crippen molar-refractivity contribution < 1.29 is 35.9 Å². The molecule has 0 aromatic heterocycles. The predicted molar refractivity (Wildman–Crippen MR) is 89.5 cm³/mol. The number of halogens is 7. The molecular formula is C17H19ClF6N2O2. The van der Waals surface area contributed by atoms with E-state index >= 15 is 0 Å². The quantitative estimate of drug-likeness (QED) is 0.539. The molecule has 1 fully saturated rings. The molecule has 1 saturated heterocycles. The fraction of sp³-hybridized carbons (Fsp3) is 0.588. The first-order chi connectivity index (χ1) is 12.9. The van der Waals surface area contributed by atoms with Crippen molar-refractivity contribution in [2.45, 2.75) is 50.4 Å². The van der Waals surface area contributed by atoms with E-state index in [0.717, 1.165) is 5.32 Å². The molecule has 4 nitrogen and oxygen atoms in total. The molecule has 1 heterocycles. The van der Waals surface area contributed by atoms with E-state index in [9.17, 15) is 31.1 Å². The first kappa shape index (κ1) is 22.8. The first-order valence-electron chi connectivity index (χ1n) is 8.40. The molecule has 158 valence electrons. The van der Waals surface area contributed by atoms with Crippen molar-refractivity contribution in [1.82, 2.24) is 10.2 Å². The Kier molecular flexibility index (Phi) is 6.88. The Bertz CT molecular complexity index is 658. The fourth-order valence-corrected chi connectivity index (χ4v) is 3.29. The highest BCUT2D eigenvalue weighted by Crippen LogP contribution is 2.46. The van der Waals surface area contributed by atoms with E-state index in [1.165, 1.54) is 24.3 Å². The molecule has 0 saturated carbocycles. The second-order valence-electron chi connectivity index (χ2n) is 6.53. The molecule has 1 N–H and O–H groups in total. The third-order valence-corrected chi connectivity index (χ3v) is 4.64. The summed E-state index contributed by atoms with van der Waals surface area (Å²) in [5, 5.41) is 1.42. The number of alkyl halides is 6. The third kappa shape index (κ3) is 4.90. The van der Waals surface area contributed by atoms with Crippen LogP contribution in [0.15, 0.2) is 24.3 Å². The minimum Gasteiger partial charge on any atom is -0.377 e. The molecule has 11 heteroatoms. The van der Waals surface area contributed by atoms with E-state index in [1.54, 1.807) is 0 Å². The number of carbonyl (C=O) groups is 1. The molecule has 0 spiro atoms. The van der Waals surface area contributed by atoms with Gasteiger partial charge in [-0.05, 0) is 30.5 Å².